The lowest BCUT2D eigenvalue weighted by Gasteiger charge is -2.29. The number of carbonyl (C=O) groups is 4. The topological polar surface area (TPSA) is 166 Å². The van der Waals surface area contributed by atoms with E-state index in [2.05, 4.69) is 10.6 Å². The molecule has 0 spiro atoms. The summed E-state index contributed by atoms with van der Waals surface area (Å²) in [5.41, 5.74) is 6.49. The van der Waals surface area contributed by atoms with Crippen molar-refractivity contribution in [2.75, 3.05) is 20.8 Å². The van der Waals surface area contributed by atoms with E-state index in [9.17, 15) is 24.3 Å². The minimum Gasteiger partial charge on any atom is -0.493 e. The Hall–Kier alpha value is -3.96. The SMILES string of the molecule is COC1=C(OC(N)=O)\C(C)=C\[C@H](C)[C@@H](O)C(OC)C[C@H](C)CC2=C(NCC3CC3)C(=O)C=C(NC(=O)/C(C)=C/C=C\1)C2=O. The summed E-state index contributed by atoms with van der Waals surface area (Å²) in [6.07, 6.45) is 7.46. The van der Waals surface area contributed by atoms with Gasteiger partial charge >= 0.3 is 6.09 Å². The van der Waals surface area contributed by atoms with Crippen molar-refractivity contribution in [1.29, 1.82) is 0 Å². The number of primary amides is 1. The lowest BCUT2D eigenvalue weighted by atomic mass is 9.85. The maximum absolute atomic E-state index is 13.7. The molecule has 0 aromatic carbocycles. The van der Waals surface area contributed by atoms with Gasteiger partial charge in [0.05, 0.1) is 30.7 Å². The molecule has 2 aliphatic carbocycles. The van der Waals surface area contributed by atoms with Crippen molar-refractivity contribution in [2.24, 2.45) is 23.5 Å². The van der Waals surface area contributed by atoms with Gasteiger partial charge in [0.1, 0.15) is 0 Å². The number of nitrogens with one attached hydrogen (secondary N) is 2. The van der Waals surface area contributed by atoms with Gasteiger partial charge in [-0.1, -0.05) is 32.1 Å². The maximum atomic E-state index is 13.7. The lowest BCUT2D eigenvalue weighted by Crippen LogP contribution is -2.37. The lowest BCUT2D eigenvalue weighted by molar-refractivity contribution is -0.120. The van der Waals surface area contributed by atoms with E-state index < -0.39 is 35.9 Å². The zero-order chi connectivity index (χ0) is 31.8. The average molecular weight is 598 g/mol. The van der Waals surface area contributed by atoms with Crippen molar-refractivity contribution in [2.45, 2.75) is 65.6 Å². The van der Waals surface area contributed by atoms with E-state index in [0.29, 0.717) is 30.0 Å². The van der Waals surface area contributed by atoms with Crippen LogP contribution >= 0.6 is 0 Å². The Morgan fingerprint density at radius 2 is 1.84 bits per heavy atom. The quantitative estimate of drug-likeness (QED) is 0.336. The second-order valence-electron chi connectivity index (χ2n) is 11.4. The summed E-state index contributed by atoms with van der Waals surface area (Å²) < 4.78 is 16.4. The van der Waals surface area contributed by atoms with Gasteiger partial charge < -0.3 is 35.7 Å². The van der Waals surface area contributed by atoms with Gasteiger partial charge in [0, 0.05) is 36.8 Å². The maximum Gasteiger partial charge on any atom is 0.410 e. The molecule has 1 fully saturated rings. The van der Waals surface area contributed by atoms with Crippen LogP contribution in [0.3, 0.4) is 0 Å². The van der Waals surface area contributed by atoms with Gasteiger partial charge in [-0.05, 0) is 63.0 Å². The third-order valence-electron chi connectivity index (χ3n) is 7.73. The number of aliphatic hydroxyl groups is 1. The standard InChI is InChI=1S/C32H43N3O8/c1-17-12-22-27(34-16-21-10-11-21)24(36)15-23(29(22)38)35-31(39)18(2)8-7-9-25(41-5)30(43-32(33)40)20(4)14-19(3)28(37)26(13-17)42-6/h7-9,14-15,17,19,21,26,28,34,37H,10-13,16H2,1-6H3,(H2,33,40)(H,35,39)/b9-7-,18-8+,20-14+,30-25+/t17-,19+,26?,28-/m1/s1. The van der Waals surface area contributed by atoms with E-state index >= 15 is 0 Å². The first kappa shape index (κ1) is 33.5. The number of Topliss-reactive ketones (excluding diaryl/α,β-unsaturated/α-hetero) is 1. The Morgan fingerprint density at radius 1 is 1.14 bits per heavy atom. The molecule has 1 aliphatic heterocycles. The summed E-state index contributed by atoms with van der Waals surface area (Å²) in [4.78, 5) is 51.6. The van der Waals surface area contributed by atoms with Crippen LogP contribution in [0.15, 0.2) is 70.0 Å². The molecule has 1 unspecified atom stereocenters. The molecule has 0 radical (unpaired) electrons. The summed E-state index contributed by atoms with van der Waals surface area (Å²) in [6, 6.07) is 0. The Bertz CT molecular complexity index is 1320. The number of amides is 2. The van der Waals surface area contributed by atoms with Crippen molar-refractivity contribution < 1.29 is 38.5 Å². The molecule has 2 bridgehead atoms. The fraction of sp³-hybridized carbons (Fsp3) is 0.500. The molecule has 3 aliphatic rings. The Morgan fingerprint density at radius 3 is 2.44 bits per heavy atom. The number of carbonyl (C=O) groups excluding carboxylic acids is 4. The van der Waals surface area contributed by atoms with Crippen LogP contribution in [-0.4, -0.2) is 61.6 Å². The fourth-order valence-corrected chi connectivity index (χ4v) is 5.09. The number of ether oxygens (including phenoxy) is 3. The highest BCUT2D eigenvalue weighted by molar-refractivity contribution is 6.23. The van der Waals surface area contributed by atoms with E-state index in [-0.39, 0.29) is 46.6 Å². The first-order valence-electron chi connectivity index (χ1n) is 14.4. The van der Waals surface area contributed by atoms with E-state index in [0.717, 1.165) is 18.9 Å². The monoisotopic (exact) mass is 597 g/mol. The molecular weight excluding hydrogens is 554 g/mol. The summed E-state index contributed by atoms with van der Waals surface area (Å²) in [5, 5.41) is 17.0. The van der Waals surface area contributed by atoms with Gasteiger partial charge in [0.25, 0.3) is 5.91 Å². The molecule has 234 valence electrons. The molecule has 0 saturated heterocycles. The first-order valence-corrected chi connectivity index (χ1v) is 14.4. The highest BCUT2D eigenvalue weighted by Gasteiger charge is 2.33. The van der Waals surface area contributed by atoms with Crippen molar-refractivity contribution in [3.63, 3.8) is 0 Å². The Labute approximate surface area is 252 Å². The Balaban J connectivity index is 2.08. The normalized spacial score (nSPS) is 31.2. The molecule has 0 aromatic heterocycles. The molecule has 0 aromatic rings. The number of ketones is 2. The minimum absolute atomic E-state index is 0.0438. The molecule has 43 heavy (non-hydrogen) atoms. The second-order valence-corrected chi connectivity index (χ2v) is 11.4. The number of fused-ring (bicyclic) bond motifs is 2. The number of allylic oxidation sites excluding steroid dienone is 6. The molecule has 2 amide bonds. The van der Waals surface area contributed by atoms with Gasteiger partial charge in [-0.2, -0.15) is 0 Å². The first-order chi connectivity index (χ1) is 20.4. The van der Waals surface area contributed by atoms with Crippen LogP contribution in [-0.2, 0) is 28.6 Å². The van der Waals surface area contributed by atoms with Crippen molar-refractivity contribution >= 4 is 23.6 Å². The third-order valence-corrected chi connectivity index (χ3v) is 7.73. The average Bonchev–Trinajstić information content (AvgIpc) is 3.78. The van der Waals surface area contributed by atoms with Crippen LogP contribution < -0.4 is 16.4 Å². The largest absolute Gasteiger partial charge is 0.493 e. The number of rotatable bonds is 6. The number of methoxy groups -OCH3 is 2. The summed E-state index contributed by atoms with van der Waals surface area (Å²) in [7, 11) is 2.88. The van der Waals surface area contributed by atoms with Gasteiger partial charge in [0.15, 0.2) is 11.5 Å². The highest BCUT2D eigenvalue weighted by Crippen LogP contribution is 2.31. The second kappa shape index (κ2) is 15.0. The summed E-state index contributed by atoms with van der Waals surface area (Å²) >= 11 is 0. The van der Waals surface area contributed by atoms with E-state index in [1.165, 1.54) is 32.4 Å². The van der Waals surface area contributed by atoms with Gasteiger partial charge in [-0.15, -0.1) is 0 Å². The number of hydrogen-bond acceptors (Lipinski definition) is 9. The molecular formula is C32H43N3O8. The number of hydrogen-bond donors (Lipinski definition) is 4. The fourth-order valence-electron chi connectivity index (χ4n) is 5.09. The molecule has 4 atom stereocenters. The Kier molecular flexibility index (Phi) is 11.7. The number of aliphatic hydroxyl groups excluding tert-OH is 1. The third kappa shape index (κ3) is 9.01. The van der Waals surface area contributed by atoms with Gasteiger partial charge in [-0.3, -0.25) is 14.4 Å². The van der Waals surface area contributed by atoms with Crippen molar-refractivity contribution in [3.8, 4) is 0 Å². The minimum atomic E-state index is -1.05. The van der Waals surface area contributed by atoms with E-state index in [1.807, 2.05) is 6.92 Å². The predicted octanol–water partition coefficient (Wildman–Crippen LogP) is 3.24. The van der Waals surface area contributed by atoms with Gasteiger partial charge in [-0.25, -0.2) is 4.79 Å². The van der Waals surface area contributed by atoms with Crippen LogP contribution in [0.5, 0.6) is 0 Å². The molecule has 11 nitrogen and oxygen atoms in total. The molecule has 11 heteroatoms. The zero-order valence-corrected chi connectivity index (χ0v) is 25.7. The van der Waals surface area contributed by atoms with E-state index in [4.69, 9.17) is 19.9 Å². The van der Waals surface area contributed by atoms with Crippen LogP contribution in [0.4, 0.5) is 4.79 Å². The van der Waals surface area contributed by atoms with Crippen LogP contribution in [0.25, 0.3) is 0 Å². The van der Waals surface area contributed by atoms with Crippen LogP contribution in [0, 0.1) is 17.8 Å². The number of nitrogens with two attached hydrogens (primary N) is 1. The highest BCUT2D eigenvalue weighted by atomic mass is 16.6. The van der Waals surface area contributed by atoms with Gasteiger partial charge in [0.2, 0.25) is 11.6 Å². The summed E-state index contributed by atoms with van der Waals surface area (Å²) in [5.74, 6) is -1.36. The predicted molar refractivity (Wildman–Crippen MR) is 160 cm³/mol. The molecule has 5 N–H and O–H groups in total. The van der Waals surface area contributed by atoms with E-state index in [1.54, 1.807) is 26.8 Å². The van der Waals surface area contributed by atoms with Crippen molar-refractivity contribution in [3.05, 3.63) is 70.0 Å². The van der Waals surface area contributed by atoms with Crippen LogP contribution in [0.1, 0.15) is 53.4 Å². The zero-order valence-electron chi connectivity index (χ0n) is 25.7. The van der Waals surface area contributed by atoms with Crippen molar-refractivity contribution in [1.82, 2.24) is 10.6 Å². The molecule has 1 heterocycles. The van der Waals surface area contributed by atoms with Crippen LogP contribution in [0.2, 0.25) is 0 Å². The molecule has 1 saturated carbocycles. The summed E-state index contributed by atoms with van der Waals surface area (Å²) in [6.45, 7) is 7.55. The molecule has 3 rings (SSSR count). The smallest absolute Gasteiger partial charge is 0.410 e.